The molecule has 2 N–H and O–H groups in total. The number of nitrogens with zero attached hydrogens (tertiary/aromatic N) is 5. The first-order valence-corrected chi connectivity index (χ1v) is 13.3. The number of aromatic amines is 2. The molecule has 10 heteroatoms. The van der Waals surface area contributed by atoms with Crippen LogP contribution in [0.25, 0.3) is 56.0 Å². The van der Waals surface area contributed by atoms with Crippen molar-refractivity contribution in [2.75, 3.05) is 7.11 Å². The summed E-state index contributed by atoms with van der Waals surface area (Å²) in [6, 6.07) is 10.3. The molecule has 0 radical (unpaired) electrons. The zero-order valence-electron chi connectivity index (χ0n) is 21.8. The number of H-pyrrole nitrogens is 2. The fraction of sp³-hybridized carbons (Fsp3) is 0.233. The number of nitrogens with one attached hydrogen (secondary N) is 2. The standard InChI is InChI=1S/C30H26FN7O2/c1-39-22-10-17(9-20(31)13-22)26-28-25(7-8-33-26)35-30(36-28)27-24-12-19(15-34-29(24)38-37-27)18-11-23(16-32-14-18)40-21-5-3-2-4-6-21/h7-16,21H,2-6H2,1H3,(H,35,36)(H,34,37,38). The number of hydrogen-bond acceptors (Lipinski definition) is 7. The first-order chi connectivity index (χ1) is 19.6. The monoisotopic (exact) mass is 535 g/mol. The van der Waals surface area contributed by atoms with Crippen LogP contribution in [0.3, 0.4) is 0 Å². The van der Waals surface area contributed by atoms with E-state index in [-0.39, 0.29) is 6.10 Å². The van der Waals surface area contributed by atoms with Gasteiger partial charge in [-0.1, -0.05) is 6.42 Å². The molecule has 1 fully saturated rings. The van der Waals surface area contributed by atoms with Gasteiger partial charge in [0.2, 0.25) is 0 Å². The van der Waals surface area contributed by atoms with E-state index in [0.717, 1.165) is 40.6 Å². The second kappa shape index (κ2) is 10.0. The van der Waals surface area contributed by atoms with Crippen LogP contribution >= 0.6 is 0 Å². The summed E-state index contributed by atoms with van der Waals surface area (Å²) in [6.45, 7) is 0. The van der Waals surface area contributed by atoms with Crippen LogP contribution in [0.4, 0.5) is 4.39 Å². The van der Waals surface area contributed by atoms with E-state index in [4.69, 9.17) is 14.5 Å². The molecule has 0 unspecified atom stereocenters. The number of methoxy groups -OCH3 is 1. The van der Waals surface area contributed by atoms with Gasteiger partial charge in [0.25, 0.3) is 0 Å². The maximum Gasteiger partial charge on any atom is 0.159 e. The van der Waals surface area contributed by atoms with Crippen molar-refractivity contribution in [2.45, 2.75) is 38.2 Å². The second-order valence-corrected chi connectivity index (χ2v) is 10.0. The van der Waals surface area contributed by atoms with Crippen LogP contribution in [0.2, 0.25) is 0 Å². The van der Waals surface area contributed by atoms with Gasteiger partial charge < -0.3 is 14.5 Å². The molecule has 0 spiro atoms. The zero-order chi connectivity index (χ0) is 27.1. The fourth-order valence-corrected chi connectivity index (χ4v) is 5.33. The maximum absolute atomic E-state index is 14.3. The van der Waals surface area contributed by atoms with E-state index >= 15 is 0 Å². The lowest BCUT2D eigenvalue weighted by Crippen LogP contribution is -2.19. The van der Waals surface area contributed by atoms with Crippen molar-refractivity contribution in [3.63, 3.8) is 0 Å². The van der Waals surface area contributed by atoms with Gasteiger partial charge in [0, 0.05) is 41.3 Å². The molecule has 1 aliphatic carbocycles. The molecule has 7 rings (SSSR count). The summed E-state index contributed by atoms with van der Waals surface area (Å²) in [5, 5.41) is 8.32. The number of ether oxygens (including phenoxy) is 2. The molecule has 0 atom stereocenters. The average Bonchev–Trinajstić information content (AvgIpc) is 3.61. The zero-order valence-corrected chi connectivity index (χ0v) is 21.8. The molecule has 0 bridgehead atoms. The van der Waals surface area contributed by atoms with Gasteiger partial charge in [0.05, 0.1) is 36.0 Å². The van der Waals surface area contributed by atoms with Crippen LogP contribution in [0.5, 0.6) is 11.5 Å². The van der Waals surface area contributed by atoms with E-state index in [1.165, 1.54) is 38.5 Å². The Balaban J connectivity index is 1.26. The summed E-state index contributed by atoms with van der Waals surface area (Å²) in [7, 11) is 1.50. The molecule has 1 saturated carbocycles. The minimum Gasteiger partial charge on any atom is -0.497 e. The summed E-state index contributed by atoms with van der Waals surface area (Å²) in [6.07, 6.45) is 13.1. The highest BCUT2D eigenvalue weighted by molar-refractivity contribution is 5.96. The van der Waals surface area contributed by atoms with Gasteiger partial charge in [0.15, 0.2) is 11.5 Å². The Labute approximate surface area is 228 Å². The SMILES string of the molecule is COc1cc(F)cc(-c2nccc3[nH]c(-c4n[nH]c5ncc(-c6cncc(OC7CCCCC7)c6)cc45)nc23)c1. The van der Waals surface area contributed by atoms with Crippen molar-refractivity contribution in [1.82, 2.24) is 35.1 Å². The van der Waals surface area contributed by atoms with Gasteiger partial charge in [-0.15, -0.1) is 0 Å². The highest BCUT2D eigenvalue weighted by atomic mass is 19.1. The van der Waals surface area contributed by atoms with Crippen molar-refractivity contribution in [1.29, 1.82) is 0 Å². The highest BCUT2D eigenvalue weighted by Gasteiger charge is 2.19. The van der Waals surface area contributed by atoms with Gasteiger partial charge in [-0.25, -0.2) is 14.4 Å². The number of pyridine rings is 3. The number of hydrogen-bond donors (Lipinski definition) is 2. The summed E-state index contributed by atoms with van der Waals surface area (Å²) < 4.78 is 25.7. The second-order valence-electron chi connectivity index (χ2n) is 10.0. The minimum absolute atomic E-state index is 0.243. The molecule has 40 heavy (non-hydrogen) atoms. The summed E-state index contributed by atoms with van der Waals surface area (Å²) in [5.74, 6) is 1.31. The Morgan fingerprint density at radius 3 is 2.60 bits per heavy atom. The van der Waals surface area contributed by atoms with E-state index in [2.05, 4.69) is 30.1 Å². The largest absolute Gasteiger partial charge is 0.497 e. The number of fused-ring (bicyclic) bond motifs is 2. The number of aromatic nitrogens is 7. The topological polar surface area (TPSA) is 114 Å². The molecule has 1 aliphatic rings. The number of halogens is 1. The Morgan fingerprint density at radius 1 is 0.875 bits per heavy atom. The Morgan fingerprint density at radius 2 is 1.73 bits per heavy atom. The quantitative estimate of drug-likeness (QED) is 0.251. The van der Waals surface area contributed by atoms with E-state index < -0.39 is 5.82 Å². The average molecular weight is 536 g/mol. The lowest BCUT2D eigenvalue weighted by molar-refractivity contribution is 0.154. The molecule has 6 aromatic rings. The number of rotatable bonds is 6. The van der Waals surface area contributed by atoms with Crippen molar-refractivity contribution in [2.24, 2.45) is 0 Å². The van der Waals surface area contributed by atoms with E-state index in [1.54, 1.807) is 24.7 Å². The normalized spacial score (nSPS) is 14.2. The van der Waals surface area contributed by atoms with E-state index in [9.17, 15) is 4.39 Å². The lowest BCUT2D eigenvalue weighted by atomic mass is 9.98. The lowest BCUT2D eigenvalue weighted by Gasteiger charge is -2.23. The first-order valence-electron chi connectivity index (χ1n) is 13.3. The van der Waals surface area contributed by atoms with Crippen LogP contribution < -0.4 is 9.47 Å². The number of imidazole rings is 1. The molecule has 1 aromatic carbocycles. The van der Waals surface area contributed by atoms with Crippen LogP contribution in [0.1, 0.15) is 32.1 Å². The molecule has 0 amide bonds. The van der Waals surface area contributed by atoms with Crippen LogP contribution in [-0.4, -0.2) is 48.3 Å². The van der Waals surface area contributed by atoms with Crippen molar-refractivity contribution in [3.8, 4) is 45.4 Å². The van der Waals surface area contributed by atoms with Crippen molar-refractivity contribution in [3.05, 3.63) is 67.0 Å². The fourth-order valence-electron chi connectivity index (χ4n) is 5.33. The molecule has 5 heterocycles. The van der Waals surface area contributed by atoms with Gasteiger partial charge in [-0.05, 0) is 56.0 Å². The maximum atomic E-state index is 14.3. The molecule has 9 nitrogen and oxygen atoms in total. The summed E-state index contributed by atoms with van der Waals surface area (Å²) >= 11 is 0. The third-order valence-corrected chi connectivity index (χ3v) is 7.32. The third-order valence-electron chi connectivity index (χ3n) is 7.32. The van der Waals surface area contributed by atoms with Crippen LogP contribution in [0, 0.1) is 5.82 Å². The van der Waals surface area contributed by atoms with Crippen molar-refractivity contribution < 1.29 is 13.9 Å². The van der Waals surface area contributed by atoms with Gasteiger partial charge in [-0.2, -0.15) is 5.10 Å². The van der Waals surface area contributed by atoms with Gasteiger partial charge in [-0.3, -0.25) is 15.1 Å². The predicted octanol–water partition coefficient (Wildman–Crippen LogP) is 6.48. The molecule has 0 aliphatic heterocycles. The van der Waals surface area contributed by atoms with Crippen LogP contribution in [-0.2, 0) is 0 Å². The Bertz CT molecular complexity index is 1840. The minimum atomic E-state index is -0.413. The van der Waals surface area contributed by atoms with Crippen molar-refractivity contribution >= 4 is 22.1 Å². The summed E-state index contributed by atoms with van der Waals surface area (Å²) in [4.78, 5) is 21.7. The van der Waals surface area contributed by atoms with Gasteiger partial charge in [0.1, 0.15) is 28.5 Å². The van der Waals surface area contributed by atoms with Gasteiger partial charge >= 0.3 is 0 Å². The predicted molar refractivity (Wildman–Crippen MR) is 149 cm³/mol. The third kappa shape index (κ3) is 4.51. The Hall–Kier alpha value is -4.86. The molecular weight excluding hydrogens is 509 g/mol. The molecule has 200 valence electrons. The Kier molecular flexibility index (Phi) is 6.07. The molecule has 0 saturated heterocycles. The number of benzene rings is 1. The smallest absolute Gasteiger partial charge is 0.159 e. The molecule has 5 aromatic heterocycles. The highest BCUT2D eigenvalue weighted by Crippen LogP contribution is 2.33. The molecular formula is C30H26FN7O2. The van der Waals surface area contributed by atoms with E-state index in [0.29, 0.717) is 39.7 Å². The van der Waals surface area contributed by atoms with E-state index in [1.807, 2.05) is 24.4 Å². The first kappa shape index (κ1) is 24.2. The van der Waals surface area contributed by atoms with Crippen LogP contribution in [0.15, 0.2) is 61.2 Å². The summed E-state index contributed by atoms with van der Waals surface area (Å²) in [5.41, 5.74) is 5.51.